The molecule has 0 saturated heterocycles. The monoisotopic (exact) mass is 271 g/mol. The maximum absolute atomic E-state index is 12.5. The van der Waals surface area contributed by atoms with Gasteiger partial charge in [-0.05, 0) is 28.8 Å². The fourth-order valence-corrected chi connectivity index (χ4v) is 3.35. The van der Waals surface area contributed by atoms with Crippen LogP contribution < -0.4 is 5.56 Å². The summed E-state index contributed by atoms with van der Waals surface area (Å²) in [5, 5.41) is 0.573. The third-order valence-corrected chi connectivity index (χ3v) is 4.57. The summed E-state index contributed by atoms with van der Waals surface area (Å²) in [6, 6.07) is 16.7. The summed E-state index contributed by atoms with van der Waals surface area (Å²) in [5.41, 5.74) is 1.30. The highest BCUT2D eigenvalue weighted by Crippen LogP contribution is 2.24. The molecular formula is C14H12N2O2P+. The van der Waals surface area contributed by atoms with Gasteiger partial charge >= 0.3 is 7.73 Å². The Morgan fingerprint density at radius 3 is 2.32 bits per heavy atom. The lowest BCUT2D eigenvalue weighted by molar-refractivity contribution is 0.583. The second-order valence-electron chi connectivity index (χ2n) is 4.25. The molecule has 2 aromatic carbocycles. The normalized spacial score (nSPS) is 11.7. The van der Waals surface area contributed by atoms with E-state index < -0.39 is 7.73 Å². The molecule has 3 aromatic rings. The summed E-state index contributed by atoms with van der Waals surface area (Å²) in [6.07, 6.45) is 0. The fraction of sp³-hybridized carbons (Fsp3) is 0.0714. The van der Waals surface area contributed by atoms with Crippen LogP contribution in [0, 0.1) is 0 Å². The van der Waals surface area contributed by atoms with E-state index in [4.69, 9.17) is 0 Å². The largest absolute Gasteiger partial charge is 0.603 e. The molecule has 0 aliphatic rings. The van der Waals surface area contributed by atoms with Crippen LogP contribution in [0.2, 0.25) is 0 Å². The van der Waals surface area contributed by atoms with Gasteiger partial charge in [-0.25, -0.2) is 0 Å². The maximum Gasteiger partial charge on any atom is 0.603 e. The van der Waals surface area contributed by atoms with Crippen molar-refractivity contribution in [1.29, 1.82) is 0 Å². The predicted molar refractivity (Wildman–Crippen MR) is 76.1 cm³/mol. The lowest BCUT2D eigenvalue weighted by atomic mass is 10.2. The minimum atomic E-state index is -1.95. The van der Waals surface area contributed by atoms with E-state index in [0.29, 0.717) is 10.9 Å². The van der Waals surface area contributed by atoms with E-state index in [-0.39, 0.29) is 5.56 Å². The SMILES string of the molecule is Cn1c(=O)c2ccccc2n(-c2ccccc2)[p+]1=O. The van der Waals surface area contributed by atoms with Crippen molar-refractivity contribution < 1.29 is 4.57 Å². The Labute approximate surface area is 110 Å². The molecule has 5 heteroatoms. The summed E-state index contributed by atoms with van der Waals surface area (Å²) in [5.74, 6) is 0. The van der Waals surface area contributed by atoms with E-state index in [2.05, 4.69) is 0 Å². The smallest absolute Gasteiger partial charge is 0.265 e. The van der Waals surface area contributed by atoms with E-state index in [1.807, 2.05) is 48.5 Å². The van der Waals surface area contributed by atoms with Gasteiger partial charge in [0, 0.05) is 0 Å². The number of para-hydroxylation sites is 2. The molecular weight excluding hydrogens is 259 g/mol. The topological polar surface area (TPSA) is 44.0 Å². The van der Waals surface area contributed by atoms with Gasteiger partial charge in [-0.15, -0.1) is 8.66 Å². The number of benzene rings is 2. The standard InChI is InChI=1S/C14H12N2O2P/c1-15-14(17)12-9-5-6-10-13(12)16(19(15)18)11-7-3-2-4-8-11/h2-10H,1H3/q+1. The molecule has 4 nitrogen and oxygen atoms in total. The second-order valence-corrected chi connectivity index (χ2v) is 5.75. The highest BCUT2D eigenvalue weighted by atomic mass is 31.1. The summed E-state index contributed by atoms with van der Waals surface area (Å²) >= 11 is 0. The molecule has 0 N–H and O–H groups in total. The zero-order chi connectivity index (χ0) is 13.4. The van der Waals surface area contributed by atoms with Crippen molar-refractivity contribution in [3.05, 3.63) is 65.0 Å². The molecule has 0 bridgehead atoms. The Morgan fingerprint density at radius 1 is 0.947 bits per heavy atom. The molecule has 0 amide bonds. The van der Waals surface area contributed by atoms with Crippen molar-refractivity contribution in [3.8, 4) is 5.69 Å². The maximum atomic E-state index is 12.5. The van der Waals surface area contributed by atoms with Gasteiger partial charge < -0.3 is 0 Å². The number of hydrogen-bond acceptors (Lipinski definition) is 2. The van der Waals surface area contributed by atoms with E-state index in [0.717, 1.165) is 5.69 Å². The number of hydrogen-bond donors (Lipinski definition) is 0. The van der Waals surface area contributed by atoms with Gasteiger partial charge in [0.1, 0.15) is 5.52 Å². The minimum Gasteiger partial charge on any atom is -0.265 e. The van der Waals surface area contributed by atoms with Crippen molar-refractivity contribution in [2.45, 2.75) is 0 Å². The molecule has 0 spiro atoms. The van der Waals surface area contributed by atoms with Crippen LogP contribution in [0.5, 0.6) is 0 Å². The highest BCUT2D eigenvalue weighted by Gasteiger charge is 2.20. The minimum absolute atomic E-state index is 0.205. The van der Waals surface area contributed by atoms with Crippen LogP contribution in [0.15, 0.2) is 59.4 Å². The number of nitrogens with zero attached hydrogens (tertiary/aromatic N) is 2. The van der Waals surface area contributed by atoms with E-state index in [1.165, 1.54) is 4.33 Å². The van der Waals surface area contributed by atoms with Crippen LogP contribution in [0.1, 0.15) is 0 Å². The van der Waals surface area contributed by atoms with Crippen LogP contribution in [-0.4, -0.2) is 8.66 Å². The van der Waals surface area contributed by atoms with Gasteiger partial charge in [-0.3, -0.25) is 4.79 Å². The van der Waals surface area contributed by atoms with Gasteiger partial charge in [0.25, 0.3) is 5.56 Å². The van der Waals surface area contributed by atoms with Crippen LogP contribution in [-0.2, 0) is 11.6 Å². The number of fused-ring (bicyclic) bond motifs is 1. The van der Waals surface area contributed by atoms with E-state index in [9.17, 15) is 9.36 Å². The number of rotatable bonds is 1. The van der Waals surface area contributed by atoms with Gasteiger partial charge in [0.05, 0.1) is 18.1 Å². The van der Waals surface area contributed by atoms with Crippen LogP contribution in [0.3, 0.4) is 0 Å². The quantitative estimate of drug-likeness (QED) is 0.682. The van der Waals surface area contributed by atoms with Crippen LogP contribution in [0.4, 0.5) is 0 Å². The molecule has 0 aliphatic carbocycles. The molecule has 0 fully saturated rings. The third-order valence-electron chi connectivity index (χ3n) is 3.09. The molecule has 3 rings (SSSR count). The van der Waals surface area contributed by atoms with E-state index in [1.54, 1.807) is 17.4 Å². The first-order valence-electron chi connectivity index (χ1n) is 5.89. The molecule has 1 atom stereocenters. The van der Waals surface area contributed by atoms with Crippen molar-refractivity contribution >= 4 is 18.6 Å². The molecule has 1 aromatic heterocycles. The lowest BCUT2D eigenvalue weighted by Gasteiger charge is -2.03. The molecule has 0 aliphatic heterocycles. The molecule has 0 saturated carbocycles. The average Bonchev–Trinajstić information content (AvgIpc) is 2.46. The van der Waals surface area contributed by atoms with Gasteiger partial charge in [-0.2, -0.15) is 0 Å². The first-order chi connectivity index (χ1) is 9.20. The van der Waals surface area contributed by atoms with Crippen molar-refractivity contribution in [3.63, 3.8) is 0 Å². The van der Waals surface area contributed by atoms with Crippen molar-refractivity contribution in [1.82, 2.24) is 8.66 Å². The van der Waals surface area contributed by atoms with E-state index >= 15 is 0 Å². The zero-order valence-electron chi connectivity index (χ0n) is 10.4. The Morgan fingerprint density at radius 2 is 1.58 bits per heavy atom. The van der Waals surface area contributed by atoms with Crippen LogP contribution >= 0.6 is 7.73 Å². The molecule has 19 heavy (non-hydrogen) atoms. The highest BCUT2D eigenvalue weighted by molar-refractivity contribution is 7.29. The number of aromatic nitrogens is 2. The lowest BCUT2D eigenvalue weighted by Crippen LogP contribution is -2.17. The fourth-order valence-electron chi connectivity index (χ4n) is 2.12. The third kappa shape index (κ3) is 1.81. The van der Waals surface area contributed by atoms with Gasteiger partial charge in [0.2, 0.25) is 0 Å². The van der Waals surface area contributed by atoms with Gasteiger partial charge in [-0.1, -0.05) is 30.3 Å². The Bertz CT molecular complexity index is 866. The second kappa shape index (κ2) is 4.48. The summed E-state index contributed by atoms with van der Waals surface area (Å²) in [6.45, 7) is 0. The summed E-state index contributed by atoms with van der Waals surface area (Å²) < 4.78 is 15.5. The predicted octanol–water partition coefficient (Wildman–Crippen LogP) is 3.07. The Balaban J connectivity index is 2.56. The Kier molecular flexibility index (Phi) is 2.80. The Hall–Kier alpha value is -2.19. The molecule has 1 unspecified atom stereocenters. The first-order valence-corrected chi connectivity index (χ1v) is 7.06. The van der Waals surface area contributed by atoms with Gasteiger partial charge in [0.15, 0.2) is 0 Å². The zero-order valence-corrected chi connectivity index (χ0v) is 11.2. The first kappa shape index (κ1) is 11.9. The van der Waals surface area contributed by atoms with Crippen molar-refractivity contribution in [2.75, 3.05) is 0 Å². The molecule has 1 heterocycles. The van der Waals surface area contributed by atoms with Crippen LogP contribution in [0.25, 0.3) is 16.6 Å². The van der Waals surface area contributed by atoms with Crippen molar-refractivity contribution in [2.24, 2.45) is 7.05 Å². The summed E-state index contributed by atoms with van der Waals surface area (Å²) in [4.78, 5) is 12.1. The molecule has 0 radical (unpaired) electrons. The average molecular weight is 271 g/mol. The summed E-state index contributed by atoms with van der Waals surface area (Å²) in [7, 11) is -0.389. The molecule has 94 valence electrons.